The van der Waals surface area contributed by atoms with Crippen LogP contribution in [0.15, 0.2) is 24.3 Å². The maximum absolute atomic E-state index is 11.2. The van der Waals surface area contributed by atoms with Gasteiger partial charge in [-0.05, 0) is 31.2 Å². The Morgan fingerprint density at radius 2 is 1.50 bits per heavy atom. The highest BCUT2D eigenvalue weighted by Crippen LogP contribution is 2.05. The molecule has 0 saturated heterocycles. The van der Waals surface area contributed by atoms with Crippen LogP contribution < -0.4 is 0 Å². The van der Waals surface area contributed by atoms with E-state index in [4.69, 9.17) is 20.1 Å². The van der Waals surface area contributed by atoms with E-state index in [9.17, 15) is 9.59 Å². The van der Waals surface area contributed by atoms with Crippen molar-refractivity contribution in [2.24, 2.45) is 0 Å². The van der Waals surface area contributed by atoms with Crippen LogP contribution in [0.3, 0.4) is 0 Å². The Labute approximate surface area is 104 Å². The molecule has 0 aromatic heterocycles. The summed E-state index contributed by atoms with van der Waals surface area (Å²) in [5.41, 5.74) is 0.509. The van der Waals surface area contributed by atoms with Crippen molar-refractivity contribution in [2.75, 3.05) is 19.8 Å². The van der Waals surface area contributed by atoms with Gasteiger partial charge in [-0.1, -0.05) is 0 Å². The van der Waals surface area contributed by atoms with Crippen LogP contribution in [0.5, 0.6) is 0 Å². The van der Waals surface area contributed by atoms with Crippen molar-refractivity contribution in [2.45, 2.75) is 6.92 Å². The van der Waals surface area contributed by atoms with E-state index in [-0.39, 0.29) is 18.8 Å². The molecule has 0 unspecified atom stereocenters. The van der Waals surface area contributed by atoms with Crippen molar-refractivity contribution in [3.05, 3.63) is 35.4 Å². The zero-order valence-electron chi connectivity index (χ0n) is 10.00. The standard InChI is InChI=1S/C10H10O4.C2H6O2/c1-2-14-10(13)8-5-3-7(4-6-8)9(11)12;3-1-2-4/h3-6H,2H2,1H3,(H,11,12);3-4H,1-2H2. The van der Waals surface area contributed by atoms with Crippen LogP contribution in [0.1, 0.15) is 27.6 Å². The molecule has 0 aliphatic carbocycles. The molecule has 0 radical (unpaired) electrons. The summed E-state index contributed by atoms with van der Waals surface area (Å²) in [6.07, 6.45) is 0. The SMILES string of the molecule is CCOC(=O)c1ccc(C(=O)O)cc1.OCCO. The fourth-order valence-electron chi connectivity index (χ4n) is 0.963. The zero-order valence-corrected chi connectivity index (χ0v) is 10.00. The van der Waals surface area contributed by atoms with Crippen molar-refractivity contribution in [1.29, 1.82) is 0 Å². The Bertz CT molecular complexity index is 369. The summed E-state index contributed by atoms with van der Waals surface area (Å²) in [5.74, 6) is -1.45. The summed E-state index contributed by atoms with van der Waals surface area (Å²) in [7, 11) is 0. The number of hydrogen-bond acceptors (Lipinski definition) is 5. The fourth-order valence-corrected chi connectivity index (χ4v) is 0.963. The average molecular weight is 256 g/mol. The molecule has 1 aromatic rings. The highest BCUT2D eigenvalue weighted by atomic mass is 16.5. The van der Waals surface area contributed by atoms with Gasteiger partial charge in [-0.25, -0.2) is 9.59 Å². The Kier molecular flexibility index (Phi) is 8.17. The van der Waals surface area contributed by atoms with Gasteiger partial charge in [-0.3, -0.25) is 0 Å². The lowest BCUT2D eigenvalue weighted by Crippen LogP contribution is -2.05. The van der Waals surface area contributed by atoms with E-state index in [1.165, 1.54) is 24.3 Å². The van der Waals surface area contributed by atoms with Gasteiger partial charge in [0.05, 0.1) is 30.9 Å². The van der Waals surface area contributed by atoms with E-state index in [0.717, 1.165) is 0 Å². The Morgan fingerprint density at radius 1 is 1.06 bits per heavy atom. The predicted octanol–water partition coefficient (Wildman–Crippen LogP) is 0.532. The summed E-state index contributed by atoms with van der Waals surface area (Å²) in [6.45, 7) is 1.77. The summed E-state index contributed by atoms with van der Waals surface area (Å²) in [6, 6.07) is 5.60. The number of aliphatic hydroxyl groups excluding tert-OH is 2. The molecule has 0 heterocycles. The largest absolute Gasteiger partial charge is 0.478 e. The van der Waals surface area contributed by atoms with Crippen LogP contribution in [0.25, 0.3) is 0 Å². The molecule has 0 fully saturated rings. The highest BCUT2D eigenvalue weighted by molar-refractivity contribution is 5.92. The minimum Gasteiger partial charge on any atom is -0.478 e. The van der Waals surface area contributed by atoms with Crippen molar-refractivity contribution in [3.8, 4) is 0 Å². The van der Waals surface area contributed by atoms with Gasteiger partial charge in [0.1, 0.15) is 0 Å². The third kappa shape index (κ3) is 5.97. The quantitative estimate of drug-likeness (QED) is 0.679. The monoisotopic (exact) mass is 256 g/mol. The molecule has 0 amide bonds. The summed E-state index contributed by atoms with van der Waals surface area (Å²) in [5, 5.41) is 23.9. The van der Waals surface area contributed by atoms with Gasteiger partial charge in [-0.2, -0.15) is 0 Å². The predicted molar refractivity (Wildman–Crippen MR) is 63.5 cm³/mol. The Hall–Kier alpha value is -1.92. The van der Waals surface area contributed by atoms with E-state index in [0.29, 0.717) is 12.2 Å². The number of aromatic carboxylic acids is 1. The highest BCUT2D eigenvalue weighted by Gasteiger charge is 2.07. The number of aliphatic hydroxyl groups is 2. The lowest BCUT2D eigenvalue weighted by Gasteiger charge is -2.01. The molecule has 0 bridgehead atoms. The molecular weight excluding hydrogens is 240 g/mol. The van der Waals surface area contributed by atoms with E-state index in [1.54, 1.807) is 6.92 Å². The second-order valence-corrected chi connectivity index (χ2v) is 3.05. The number of carbonyl (C=O) groups is 2. The number of carboxylic acid groups (broad SMARTS) is 1. The van der Waals surface area contributed by atoms with Gasteiger partial charge in [-0.15, -0.1) is 0 Å². The summed E-state index contributed by atoms with van der Waals surface area (Å²) >= 11 is 0. The molecule has 0 spiro atoms. The van der Waals surface area contributed by atoms with Crippen LogP contribution in [0.4, 0.5) is 0 Å². The molecule has 6 heteroatoms. The van der Waals surface area contributed by atoms with Crippen LogP contribution in [-0.2, 0) is 4.74 Å². The first-order chi connectivity index (χ1) is 8.56. The zero-order chi connectivity index (χ0) is 14.0. The van der Waals surface area contributed by atoms with E-state index < -0.39 is 11.9 Å². The van der Waals surface area contributed by atoms with E-state index in [1.807, 2.05) is 0 Å². The molecule has 0 aliphatic rings. The molecule has 0 aliphatic heterocycles. The minimum atomic E-state index is -1.01. The smallest absolute Gasteiger partial charge is 0.338 e. The number of esters is 1. The Morgan fingerprint density at radius 3 is 1.83 bits per heavy atom. The van der Waals surface area contributed by atoms with Gasteiger partial charge in [0.2, 0.25) is 0 Å². The first kappa shape index (κ1) is 16.1. The molecular formula is C12H16O6. The van der Waals surface area contributed by atoms with Crippen LogP contribution in [0.2, 0.25) is 0 Å². The average Bonchev–Trinajstić information content (AvgIpc) is 2.39. The topological polar surface area (TPSA) is 104 Å². The van der Waals surface area contributed by atoms with Gasteiger partial charge in [0, 0.05) is 0 Å². The molecule has 18 heavy (non-hydrogen) atoms. The number of ether oxygens (including phenoxy) is 1. The first-order valence-electron chi connectivity index (χ1n) is 5.29. The van der Waals surface area contributed by atoms with Gasteiger partial charge in [0.25, 0.3) is 0 Å². The number of benzene rings is 1. The maximum atomic E-state index is 11.2. The number of hydrogen-bond donors (Lipinski definition) is 3. The van der Waals surface area contributed by atoms with Crippen molar-refractivity contribution in [3.63, 3.8) is 0 Å². The van der Waals surface area contributed by atoms with Crippen molar-refractivity contribution < 1.29 is 29.6 Å². The lowest BCUT2D eigenvalue weighted by atomic mass is 10.1. The van der Waals surface area contributed by atoms with Crippen molar-refractivity contribution in [1.82, 2.24) is 0 Å². The Balaban J connectivity index is 0.000000631. The molecule has 1 aromatic carbocycles. The minimum absolute atomic E-state index is 0.125. The maximum Gasteiger partial charge on any atom is 0.338 e. The molecule has 0 saturated carbocycles. The normalized spacial score (nSPS) is 9.06. The van der Waals surface area contributed by atoms with Crippen LogP contribution >= 0.6 is 0 Å². The lowest BCUT2D eigenvalue weighted by molar-refractivity contribution is 0.0525. The van der Waals surface area contributed by atoms with Crippen LogP contribution in [0, 0.1) is 0 Å². The second kappa shape index (κ2) is 9.15. The second-order valence-electron chi connectivity index (χ2n) is 3.05. The first-order valence-corrected chi connectivity index (χ1v) is 5.29. The number of carboxylic acids is 1. The third-order valence-electron chi connectivity index (χ3n) is 1.74. The summed E-state index contributed by atoms with van der Waals surface area (Å²) < 4.78 is 4.74. The summed E-state index contributed by atoms with van der Waals surface area (Å²) in [4.78, 5) is 21.6. The van der Waals surface area contributed by atoms with E-state index >= 15 is 0 Å². The number of carbonyl (C=O) groups excluding carboxylic acids is 1. The molecule has 0 atom stereocenters. The van der Waals surface area contributed by atoms with E-state index in [2.05, 4.69) is 0 Å². The molecule has 1 rings (SSSR count). The molecule has 3 N–H and O–H groups in total. The molecule has 100 valence electrons. The van der Waals surface area contributed by atoms with Crippen molar-refractivity contribution >= 4 is 11.9 Å². The third-order valence-corrected chi connectivity index (χ3v) is 1.74. The fraction of sp³-hybridized carbons (Fsp3) is 0.333. The number of rotatable bonds is 4. The molecule has 6 nitrogen and oxygen atoms in total. The van der Waals surface area contributed by atoms with Gasteiger partial charge in [0.15, 0.2) is 0 Å². The van der Waals surface area contributed by atoms with Crippen LogP contribution in [-0.4, -0.2) is 47.1 Å². The van der Waals surface area contributed by atoms with Gasteiger partial charge >= 0.3 is 11.9 Å². The van der Waals surface area contributed by atoms with Gasteiger partial charge < -0.3 is 20.1 Å².